The number of hydrogen-bond donors (Lipinski definition) is 1. The van der Waals surface area contributed by atoms with Crippen molar-refractivity contribution in [2.45, 2.75) is 44.9 Å². The highest BCUT2D eigenvalue weighted by atomic mass is 16.2. The Kier molecular flexibility index (Phi) is 5.49. The summed E-state index contributed by atoms with van der Waals surface area (Å²) in [7, 11) is 0. The summed E-state index contributed by atoms with van der Waals surface area (Å²) in [4.78, 5) is 41.4. The van der Waals surface area contributed by atoms with Crippen LogP contribution in [0.5, 0.6) is 0 Å². The summed E-state index contributed by atoms with van der Waals surface area (Å²) in [5.41, 5.74) is 0.880. The zero-order valence-corrected chi connectivity index (χ0v) is 18.2. The van der Waals surface area contributed by atoms with Gasteiger partial charge >= 0.3 is 0 Å². The fraction of sp³-hybridized carbons (Fsp3) is 0.640. The van der Waals surface area contributed by atoms with Crippen LogP contribution in [0, 0.1) is 23.2 Å². The highest BCUT2D eigenvalue weighted by Gasteiger charge is 2.51. The van der Waals surface area contributed by atoms with Gasteiger partial charge in [0.2, 0.25) is 11.8 Å². The molecule has 4 saturated carbocycles. The Hall–Kier alpha value is -2.37. The number of carbonyl (C=O) groups is 3. The predicted octanol–water partition coefficient (Wildman–Crippen LogP) is 2.69. The van der Waals surface area contributed by atoms with Gasteiger partial charge in [-0.3, -0.25) is 14.4 Å². The number of hydrogen-bond acceptors (Lipinski definition) is 3. The lowest BCUT2D eigenvalue weighted by atomic mass is 9.49. The number of amides is 3. The molecular formula is C25H33N3O3. The minimum absolute atomic E-state index is 0.0107. The largest absolute Gasteiger partial charge is 0.347 e. The lowest BCUT2D eigenvalue weighted by Gasteiger charge is -2.56. The zero-order valence-electron chi connectivity index (χ0n) is 18.2. The van der Waals surface area contributed by atoms with Crippen molar-refractivity contribution in [1.29, 1.82) is 0 Å². The van der Waals surface area contributed by atoms with Gasteiger partial charge < -0.3 is 15.1 Å². The first-order chi connectivity index (χ1) is 15.0. The second-order valence-corrected chi connectivity index (χ2v) is 10.4. The standard InChI is InChI=1S/C25H33N3O3/c29-22(16-25-13-18-10-19(14-25)12-20(11-18)15-25)26-17-23(30)27-6-8-28(9-7-27)24(31)21-4-2-1-3-5-21/h1-5,18-20H,6-17H2,(H,26,29). The van der Waals surface area contributed by atoms with E-state index >= 15 is 0 Å². The Bertz CT molecular complexity index is 810. The first kappa shape index (κ1) is 20.5. The van der Waals surface area contributed by atoms with E-state index in [1.807, 2.05) is 30.3 Å². The van der Waals surface area contributed by atoms with Gasteiger partial charge in [-0.05, 0) is 73.8 Å². The first-order valence-corrected chi connectivity index (χ1v) is 11.9. The van der Waals surface area contributed by atoms with Gasteiger partial charge in [0.05, 0.1) is 6.54 Å². The van der Waals surface area contributed by atoms with Gasteiger partial charge in [0.1, 0.15) is 0 Å². The van der Waals surface area contributed by atoms with Gasteiger partial charge in [0.15, 0.2) is 0 Å². The average Bonchev–Trinajstić information content (AvgIpc) is 2.76. The molecule has 4 aliphatic carbocycles. The molecule has 1 aromatic carbocycles. The number of nitrogens with zero attached hydrogens (tertiary/aromatic N) is 2. The molecule has 6 rings (SSSR count). The van der Waals surface area contributed by atoms with E-state index in [2.05, 4.69) is 5.32 Å². The van der Waals surface area contributed by atoms with Crippen LogP contribution in [0.25, 0.3) is 0 Å². The summed E-state index contributed by atoms with van der Waals surface area (Å²) in [5.74, 6) is 2.48. The lowest BCUT2D eigenvalue weighted by Crippen LogP contribution is -2.53. The van der Waals surface area contributed by atoms with E-state index < -0.39 is 0 Å². The van der Waals surface area contributed by atoms with Crippen LogP contribution in [0.4, 0.5) is 0 Å². The van der Waals surface area contributed by atoms with Crippen LogP contribution >= 0.6 is 0 Å². The zero-order chi connectivity index (χ0) is 21.4. The summed E-state index contributed by atoms with van der Waals surface area (Å²) >= 11 is 0. The minimum atomic E-state index is -0.0503. The second-order valence-electron chi connectivity index (χ2n) is 10.4. The van der Waals surface area contributed by atoms with E-state index in [9.17, 15) is 14.4 Å². The Morgan fingerprint density at radius 2 is 1.39 bits per heavy atom. The molecular weight excluding hydrogens is 390 g/mol. The monoisotopic (exact) mass is 423 g/mol. The van der Waals surface area contributed by atoms with Gasteiger partial charge in [0.25, 0.3) is 5.91 Å². The maximum absolute atomic E-state index is 12.7. The Morgan fingerprint density at radius 1 is 0.839 bits per heavy atom. The van der Waals surface area contributed by atoms with Crippen LogP contribution < -0.4 is 5.32 Å². The highest BCUT2D eigenvalue weighted by Crippen LogP contribution is 2.61. The summed E-state index contributed by atoms with van der Waals surface area (Å²) in [6.45, 7) is 2.16. The summed E-state index contributed by atoms with van der Waals surface area (Å²) in [6.07, 6.45) is 8.32. The molecule has 3 amide bonds. The topological polar surface area (TPSA) is 69.7 Å². The molecule has 1 saturated heterocycles. The number of nitrogens with one attached hydrogen (secondary N) is 1. The van der Waals surface area contributed by atoms with Crippen LogP contribution in [0.3, 0.4) is 0 Å². The molecule has 1 aliphatic heterocycles. The number of piperazine rings is 1. The van der Waals surface area contributed by atoms with Crippen LogP contribution in [-0.2, 0) is 9.59 Å². The normalized spacial score (nSPS) is 31.5. The van der Waals surface area contributed by atoms with E-state index in [0.717, 1.165) is 17.8 Å². The van der Waals surface area contributed by atoms with Crippen molar-refractivity contribution in [3.05, 3.63) is 35.9 Å². The summed E-state index contributed by atoms with van der Waals surface area (Å²) in [6, 6.07) is 9.25. The molecule has 1 N–H and O–H groups in total. The van der Waals surface area contributed by atoms with Crippen molar-refractivity contribution < 1.29 is 14.4 Å². The maximum Gasteiger partial charge on any atom is 0.253 e. The fourth-order valence-electron chi connectivity index (χ4n) is 7.12. The third-order valence-corrected chi connectivity index (χ3v) is 8.08. The van der Waals surface area contributed by atoms with E-state index in [0.29, 0.717) is 38.2 Å². The van der Waals surface area contributed by atoms with Crippen molar-refractivity contribution in [3.8, 4) is 0 Å². The van der Waals surface area contributed by atoms with Gasteiger partial charge in [-0.15, -0.1) is 0 Å². The van der Waals surface area contributed by atoms with Gasteiger partial charge in [-0.25, -0.2) is 0 Å². The van der Waals surface area contributed by atoms with E-state index in [1.54, 1.807) is 9.80 Å². The third-order valence-electron chi connectivity index (χ3n) is 8.08. The van der Waals surface area contributed by atoms with Crippen molar-refractivity contribution >= 4 is 17.7 Å². The number of benzene rings is 1. The molecule has 0 aromatic heterocycles. The van der Waals surface area contributed by atoms with Crippen molar-refractivity contribution in [2.24, 2.45) is 23.2 Å². The van der Waals surface area contributed by atoms with Crippen LogP contribution in [0.2, 0.25) is 0 Å². The Balaban J connectivity index is 1.07. The van der Waals surface area contributed by atoms with Crippen LogP contribution in [0.1, 0.15) is 55.3 Å². The lowest BCUT2D eigenvalue weighted by molar-refractivity contribution is -0.136. The molecule has 5 fully saturated rings. The predicted molar refractivity (Wildman–Crippen MR) is 117 cm³/mol. The number of carbonyl (C=O) groups excluding carboxylic acids is 3. The molecule has 0 unspecified atom stereocenters. The molecule has 6 heteroatoms. The SMILES string of the molecule is O=C(CC12CC3CC(CC(C3)C1)C2)NCC(=O)N1CCN(C(=O)c2ccccc2)CC1. The highest BCUT2D eigenvalue weighted by molar-refractivity contribution is 5.94. The van der Waals surface area contributed by atoms with E-state index in [-0.39, 0.29) is 29.7 Å². The number of rotatable bonds is 5. The molecule has 4 bridgehead atoms. The summed E-state index contributed by atoms with van der Waals surface area (Å²) < 4.78 is 0. The van der Waals surface area contributed by atoms with Gasteiger partial charge in [-0.2, -0.15) is 0 Å². The van der Waals surface area contributed by atoms with Crippen molar-refractivity contribution in [3.63, 3.8) is 0 Å². The molecule has 166 valence electrons. The first-order valence-electron chi connectivity index (χ1n) is 11.9. The second kappa shape index (κ2) is 8.29. The molecule has 0 radical (unpaired) electrons. The van der Waals surface area contributed by atoms with Crippen molar-refractivity contribution in [1.82, 2.24) is 15.1 Å². The maximum atomic E-state index is 12.7. The third kappa shape index (κ3) is 4.35. The van der Waals surface area contributed by atoms with Gasteiger partial charge in [0, 0.05) is 38.2 Å². The quantitative estimate of drug-likeness (QED) is 0.792. The average molecular weight is 424 g/mol. The van der Waals surface area contributed by atoms with Crippen LogP contribution in [0.15, 0.2) is 30.3 Å². The molecule has 6 nitrogen and oxygen atoms in total. The minimum Gasteiger partial charge on any atom is -0.347 e. The van der Waals surface area contributed by atoms with Crippen molar-refractivity contribution in [2.75, 3.05) is 32.7 Å². The van der Waals surface area contributed by atoms with Crippen LogP contribution in [-0.4, -0.2) is 60.2 Å². The van der Waals surface area contributed by atoms with E-state index in [4.69, 9.17) is 0 Å². The van der Waals surface area contributed by atoms with Gasteiger partial charge in [-0.1, -0.05) is 18.2 Å². The van der Waals surface area contributed by atoms with E-state index in [1.165, 1.54) is 38.5 Å². The smallest absolute Gasteiger partial charge is 0.253 e. The fourth-order valence-corrected chi connectivity index (χ4v) is 7.12. The summed E-state index contributed by atoms with van der Waals surface area (Å²) in [5, 5.41) is 2.90. The molecule has 1 aromatic rings. The molecule has 0 atom stereocenters. The molecule has 5 aliphatic rings. The molecule has 0 spiro atoms. The molecule has 31 heavy (non-hydrogen) atoms. The Labute approximate surface area is 184 Å². The Morgan fingerprint density at radius 3 is 1.97 bits per heavy atom. The molecule has 1 heterocycles.